The number of hydrogen-bond donors (Lipinski definition) is 1. The molecule has 146 valence electrons. The van der Waals surface area contributed by atoms with E-state index in [9.17, 15) is 9.90 Å². The predicted molar refractivity (Wildman–Crippen MR) is 104 cm³/mol. The van der Waals surface area contributed by atoms with Gasteiger partial charge in [-0.3, -0.25) is 4.68 Å². The molecular formula is C20H23N6NaO2. The van der Waals surface area contributed by atoms with Gasteiger partial charge in [0.1, 0.15) is 0 Å². The Balaban J connectivity index is 0.00000240. The molecule has 1 saturated heterocycles. The molecule has 29 heavy (non-hydrogen) atoms. The van der Waals surface area contributed by atoms with Gasteiger partial charge in [-0.15, -0.1) is 0 Å². The van der Waals surface area contributed by atoms with Crippen molar-refractivity contribution in [2.75, 3.05) is 24.5 Å². The number of aryl methyl sites for hydroxylation is 1. The van der Waals surface area contributed by atoms with E-state index < -0.39 is 5.97 Å². The van der Waals surface area contributed by atoms with Crippen LogP contribution in [0.15, 0.2) is 36.7 Å². The standard InChI is InChI=1S/C20H24N6O2.Na/c1-25-18-5-3-2-4-16(18)17(24-25)13-21-10-14-6-8-26(9-7-14)20-22-11-15(12-23-20)19(27)28;/h2-5,11-12,14,21H,6-10,13H2,1H3,(H,27,28);/q;+1/p-1. The third-order valence-corrected chi connectivity index (χ3v) is 5.33. The van der Waals surface area contributed by atoms with E-state index in [2.05, 4.69) is 37.4 Å². The Morgan fingerprint density at radius 1 is 1.21 bits per heavy atom. The molecule has 3 heterocycles. The smallest absolute Gasteiger partial charge is 0.545 e. The quantitative estimate of drug-likeness (QED) is 0.465. The van der Waals surface area contributed by atoms with Crippen LogP contribution in [0.2, 0.25) is 0 Å². The fraction of sp³-hybridized carbons (Fsp3) is 0.400. The molecule has 0 spiro atoms. The first kappa shape index (κ1) is 21.7. The molecule has 0 bridgehead atoms. The number of carbonyl (C=O) groups excluding carboxylic acids is 1. The van der Waals surface area contributed by atoms with Crippen LogP contribution in [-0.2, 0) is 13.6 Å². The number of piperidine rings is 1. The molecule has 0 atom stereocenters. The Kier molecular flexibility index (Phi) is 7.23. The Morgan fingerprint density at radius 3 is 2.59 bits per heavy atom. The van der Waals surface area contributed by atoms with Crippen LogP contribution in [-0.4, -0.2) is 45.4 Å². The Bertz CT molecular complexity index is 967. The van der Waals surface area contributed by atoms with Crippen molar-refractivity contribution in [1.29, 1.82) is 0 Å². The van der Waals surface area contributed by atoms with Gasteiger partial charge in [-0.05, 0) is 31.4 Å². The summed E-state index contributed by atoms with van der Waals surface area (Å²) in [5.74, 6) is -0.0814. The minimum atomic E-state index is -1.25. The third kappa shape index (κ3) is 4.95. The van der Waals surface area contributed by atoms with Gasteiger partial charge in [0.05, 0.1) is 17.2 Å². The molecule has 9 heteroatoms. The summed E-state index contributed by atoms with van der Waals surface area (Å²) in [6, 6.07) is 8.28. The summed E-state index contributed by atoms with van der Waals surface area (Å²) < 4.78 is 1.93. The second kappa shape index (κ2) is 9.67. The van der Waals surface area contributed by atoms with Crippen LogP contribution in [0.25, 0.3) is 10.9 Å². The van der Waals surface area contributed by atoms with E-state index >= 15 is 0 Å². The molecule has 0 amide bonds. The maximum absolute atomic E-state index is 10.8. The average molecular weight is 402 g/mol. The zero-order chi connectivity index (χ0) is 19.5. The van der Waals surface area contributed by atoms with Crippen molar-refractivity contribution in [3.63, 3.8) is 0 Å². The molecule has 0 aliphatic carbocycles. The molecule has 0 unspecified atom stereocenters. The average Bonchev–Trinajstić information content (AvgIpc) is 3.05. The molecule has 1 aliphatic rings. The van der Waals surface area contributed by atoms with Crippen molar-refractivity contribution in [1.82, 2.24) is 25.1 Å². The number of carbonyl (C=O) groups is 1. The van der Waals surface area contributed by atoms with Crippen molar-refractivity contribution in [3.8, 4) is 0 Å². The number of anilines is 1. The normalized spacial score (nSPS) is 14.7. The van der Waals surface area contributed by atoms with Crippen LogP contribution in [0.1, 0.15) is 28.9 Å². The molecular weight excluding hydrogens is 379 g/mol. The zero-order valence-corrected chi connectivity index (χ0v) is 18.8. The first-order valence-electron chi connectivity index (χ1n) is 9.51. The summed E-state index contributed by atoms with van der Waals surface area (Å²) in [5, 5.41) is 20.2. The molecule has 2 aromatic heterocycles. The second-order valence-corrected chi connectivity index (χ2v) is 7.21. The summed E-state index contributed by atoms with van der Waals surface area (Å²) in [6.07, 6.45) is 4.70. The van der Waals surface area contributed by atoms with Gasteiger partial charge in [-0.2, -0.15) is 5.10 Å². The third-order valence-electron chi connectivity index (χ3n) is 5.33. The number of hydrogen-bond acceptors (Lipinski definition) is 7. The molecule has 4 rings (SSSR count). The first-order valence-corrected chi connectivity index (χ1v) is 9.51. The number of fused-ring (bicyclic) bond motifs is 1. The maximum atomic E-state index is 10.8. The van der Waals surface area contributed by atoms with Crippen LogP contribution in [0.3, 0.4) is 0 Å². The molecule has 3 aromatic rings. The van der Waals surface area contributed by atoms with Crippen molar-refractivity contribution in [2.45, 2.75) is 19.4 Å². The van der Waals surface area contributed by atoms with Crippen LogP contribution in [0.5, 0.6) is 0 Å². The van der Waals surface area contributed by atoms with Gasteiger partial charge in [-0.1, -0.05) is 18.2 Å². The van der Waals surface area contributed by atoms with Gasteiger partial charge in [-0.25, -0.2) is 9.97 Å². The molecule has 0 radical (unpaired) electrons. The van der Waals surface area contributed by atoms with Crippen LogP contribution in [0, 0.1) is 5.92 Å². The Labute approximate surface area is 191 Å². The largest absolute Gasteiger partial charge is 1.00 e. The summed E-state index contributed by atoms with van der Waals surface area (Å²) in [7, 11) is 1.98. The van der Waals surface area contributed by atoms with E-state index in [0.29, 0.717) is 11.9 Å². The first-order chi connectivity index (χ1) is 13.6. The number of nitrogens with one attached hydrogen (secondary N) is 1. The number of benzene rings is 1. The number of aromatic nitrogens is 4. The van der Waals surface area contributed by atoms with Crippen LogP contribution in [0.4, 0.5) is 5.95 Å². The van der Waals surface area contributed by atoms with E-state index in [-0.39, 0.29) is 35.1 Å². The fourth-order valence-corrected chi connectivity index (χ4v) is 3.74. The monoisotopic (exact) mass is 402 g/mol. The fourth-order valence-electron chi connectivity index (χ4n) is 3.74. The number of carboxylic acids is 1. The van der Waals surface area contributed by atoms with Crippen molar-refractivity contribution in [2.24, 2.45) is 13.0 Å². The molecule has 1 aromatic carbocycles. The number of aromatic carboxylic acids is 1. The van der Waals surface area contributed by atoms with E-state index in [1.165, 1.54) is 17.8 Å². The minimum Gasteiger partial charge on any atom is -0.545 e. The minimum absolute atomic E-state index is 0. The van der Waals surface area contributed by atoms with Gasteiger partial charge in [0.15, 0.2) is 0 Å². The number of rotatable bonds is 6. The number of para-hydroxylation sites is 1. The van der Waals surface area contributed by atoms with Gasteiger partial charge in [0.2, 0.25) is 5.95 Å². The molecule has 1 N–H and O–H groups in total. The van der Waals surface area contributed by atoms with E-state index in [0.717, 1.165) is 50.2 Å². The van der Waals surface area contributed by atoms with Crippen molar-refractivity contribution >= 4 is 22.8 Å². The molecule has 1 aliphatic heterocycles. The Morgan fingerprint density at radius 2 is 1.90 bits per heavy atom. The van der Waals surface area contributed by atoms with Gasteiger partial charge in [0, 0.05) is 50.0 Å². The van der Waals surface area contributed by atoms with E-state index in [1.54, 1.807) is 0 Å². The van der Waals surface area contributed by atoms with E-state index in [4.69, 9.17) is 0 Å². The summed E-state index contributed by atoms with van der Waals surface area (Å²) in [5.41, 5.74) is 2.24. The second-order valence-electron chi connectivity index (χ2n) is 7.21. The van der Waals surface area contributed by atoms with Gasteiger partial charge >= 0.3 is 29.6 Å². The topological polar surface area (TPSA) is 99.0 Å². The van der Waals surface area contributed by atoms with Crippen LogP contribution >= 0.6 is 0 Å². The van der Waals surface area contributed by atoms with Gasteiger partial charge in [0.25, 0.3) is 0 Å². The van der Waals surface area contributed by atoms with Crippen molar-refractivity contribution in [3.05, 3.63) is 47.9 Å². The zero-order valence-electron chi connectivity index (χ0n) is 16.8. The number of nitrogens with zero attached hydrogens (tertiary/aromatic N) is 5. The van der Waals surface area contributed by atoms with Gasteiger partial charge < -0.3 is 20.1 Å². The van der Waals surface area contributed by atoms with Crippen molar-refractivity contribution < 1.29 is 39.5 Å². The molecule has 8 nitrogen and oxygen atoms in total. The molecule has 0 saturated carbocycles. The van der Waals surface area contributed by atoms with E-state index in [1.807, 2.05) is 23.9 Å². The van der Waals surface area contributed by atoms with Crippen LogP contribution < -0.4 is 44.9 Å². The molecule has 1 fully saturated rings. The maximum Gasteiger partial charge on any atom is 1.00 e. The summed E-state index contributed by atoms with van der Waals surface area (Å²) in [6.45, 7) is 3.44. The summed E-state index contributed by atoms with van der Waals surface area (Å²) in [4.78, 5) is 21.2. The Hall–Kier alpha value is -2.00. The SMILES string of the molecule is Cn1nc(CNCC2CCN(c3ncc(C(=O)[O-])cn3)CC2)c2ccccc21.[Na+]. The predicted octanol–water partition coefficient (Wildman–Crippen LogP) is -2.26. The summed E-state index contributed by atoms with van der Waals surface area (Å²) >= 11 is 0. The number of carboxylic acid groups (broad SMARTS) is 1.